The highest BCUT2D eigenvalue weighted by Gasteiger charge is 2.30. The number of carbonyl (C=O) groups is 1. The Morgan fingerprint density at radius 1 is 1.28 bits per heavy atom. The zero-order valence-electron chi connectivity index (χ0n) is 15.5. The van der Waals surface area contributed by atoms with Crippen LogP contribution in [0.2, 0.25) is 0 Å². The zero-order valence-corrected chi connectivity index (χ0v) is 15.5. The van der Waals surface area contributed by atoms with Crippen molar-refractivity contribution in [2.75, 3.05) is 13.1 Å². The Kier molecular flexibility index (Phi) is 5.41. The molecule has 0 saturated carbocycles. The summed E-state index contributed by atoms with van der Waals surface area (Å²) in [5.41, 5.74) is 3.57. The normalized spacial score (nSPS) is 17.1. The van der Waals surface area contributed by atoms with Crippen LogP contribution in [0.4, 0.5) is 4.79 Å². The third-order valence-corrected chi connectivity index (χ3v) is 4.94. The number of hydrogen-bond donors (Lipinski definition) is 1. The van der Waals surface area contributed by atoms with Crippen LogP contribution in [-0.4, -0.2) is 33.6 Å². The number of imidazole rings is 1. The average molecular weight is 340 g/mol. The van der Waals surface area contributed by atoms with Gasteiger partial charge >= 0.3 is 6.03 Å². The monoisotopic (exact) mass is 340 g/mol. The summed E-state index contributed by atoms with van der Waals surface area (Å²) < 4.78 is 2.30. The van der Waals surface area contributed by atoms with E-state index in [2.05, 4.69) is 59.9 Å². The summed E-state index contributed by atoms with van der Waals surface area (Å²) in [5.74, 6) is 1.47. The molecule has 2 heterocycles. The number of rotatable bonds is 5. The molecule has 1 atom stereocenters. The minimum Gasteiger partial charge on any atom is -0.334 e. The molecule has 5 heteroatoms. The van der Waals surface area contributed by atoms with Crippen molar-refractivity contribution in [3.63, 3.8) is 0 Å². The Labute approximate surface area is 150 Å². The Morgan fingerprint density at radius 3 is 2.76 bits per heavy atom. The molecule has 1 aromatic carbocycles. The van der Waals surface area contributed by atoms with Gasteiger partial charge in [0, 0.05) is 44.0 Å². The first kappa shape index (κ1) is 17.5. The second-order valence-electron chi connectivity index (χ2n) is 6.99. The van der Waals surface area contributed by atoms with E-state index >= 15 is 0 Å². The molecule has 1 fully saturated rings. The van der Waals surface area contributed by atoms with Crippen LogP contribution < -0.4 is 5.32 Å². The first-order valence-electron chi connectivity index (χ1n) is 9.18. The van der Waals surface area contributed by atoms with E-state index < -0.39 is 0 Å². The second-order valence-corrected chi connectivity index (χ2v) is 6.99. The van der Waals surface area contributed by atoms with Crippen molar-refractivity contribution in [2.24, 2.45) is 0 Å². The number of carbonyl (C=O) groups excluding carboxylic acids is 1. The Balaban J connectivity index is 1.57. The van der Waals surface area contributed by atoms with E-state index in [1.165, 1.54) is 11.3 Å². The van der Waals surface area contributed by atoms with Crippen LogP contribution in [0.15, 0.2) is 30.5 Å². The minimum atomic E-state index is 0.0217. The highest BCUT2D eigenvalue weighted by atomic mass is 16.2. The van der Waals surface area contributed by atoms with E-state index in [0.29, 0.717) is 12.5 Å². The number of aryl methyl sites for hydroxylation is 2. The van der Waals surface area contributed by atoms with Gasteiger partial charge in [-0.1, -0.05) is 36.8 Å². The molecule has 1 aliphatic heterocycles. The fourth-order valence-electron chi connectivity index (χ4n) is 3.47. The Bertz CT molecular complexity index is 720. The number of nitrogens with zero attached hydrogens (tertiary/aromatic N) is 3. The lowest BCUT2D eigenvalue weighted by molar-refractivity contribution is 0.207. The Hall–Kier alpha value is -2.30. The summed E-state index contributed by atoms with van der Waals surface area (Å²) in [4.78, 5) is 19.0. The molecule has 1 aromatic heterocycles. The summed E-state index contributed by atoms with van der Waals surface area (Å²) in [6, 6.07) is 8.29. The van der Waals surface area contributed by atoms with Crippen LogP contribution in [0.3, 0.4) is 0 Å². The van der Waals surface area contributed by atoms with Crippen molar-refractivity contribution >= 4 is 6.03 Å². The fraction of sp³-hybridized carbons (Fsp3) is 0.500. The van der Waals surface area contributed by atoms with Gasteiger partial charge in [-0.25, -0.2) is 9.78 Å². The van der Waals surface area contributed by atoms with Gasteiger partial charge in [0.05, 0.1) is 0 Å². The smallest absolute Gasteiger partial charge is 0.317 e. The lowest BCUT2D eigenvalue weighted by Crippen LogP contribution is -2.38. The fourth-order valence-corrected chi connectivity index (χ4v) is 3.47. The highest BCUT2D eigenvalue weighted by Crippen LogP contribution is 2.27. The number of amides is 2. The topological polar surface area (TPSA) is 50.2 Å². The quantitative estimate of drug-likeness (QED) is 0.904. The molecule has 1 N–H and O–H groups in total. The molecule has 3 rings (SSSR count). The molecule has 25 heavy (non-hydrogen) atoms. The molecule has 0 bridgehead atoms. The molecular weight excluding hydrogens is 312 g/mol. The molecule has 5 nitrogen and oxygen atoms in total. The molecule has 1 aliphatic rings. The van der Waals surface area contributed by atoms with Gasteiger partial charge in [0.15, 0.2) is 0 Å². The van der Waals surface area contributed by atoms with Gasteiger partial charge in [-0.2, -0.15) is 0 Å². The molecular formula is C20H28N4O. The lowest BCUT2D eigenvalue weighted by Gasteiger charge is -2.18. The first-order chi connectivity index (χ1) is 12.1. The van der Waals surface area contributed by atoms with Gasteiger partial charge < -0.3 is 14.8 Å². The highest BCUT2D eigenvalue weighted by molar-refractivity contribution is 5.74. The van der Waals surface area contributed by atoms with Crippen LogP contribution in [0.25, 0.3) is 0 Å². The lowest BCUT2D eigenvalue weighted by atomic mass is 10.1. The van der Waals surface area contributed by atoms with Crippen LogP contribution in [-0.2, 0) is 13.1 Å². The van der Waals surface area contributed by atoms with Gasteiger partial charge in [-0.15, -0.1) is 0 Å². The van der Waals surface area contributed by atoms with Crippen LogP contribution in [0.1, 0.15) is 48.3 Å². The third-order valence-electron chi connectivity index (χ3n) is 4.94. The SMILES string of the molecule is CCCn1c(C)cnc1[C@H]1CCN(C(=O)NCc2ccc(C)cc2)C1. The van der Waals surface area contributed by atoms with E-state index in [0.717, 1.165) is 43.9 Å². The van der Waals surface area contributed by atoms with E-state index in [9.17, 15) is 4.79 Å². The maximum Gasteiger partial charge on any atom is 0.317 e. The maximum absolute atomic E-state index is 12.5. The van der Waals surface area contributed by atoms with Crippen LogP contribution >= 0.6 is 0 Å². The van der Waals surface area contributed by atoms with Crippen LogP contribution in [0.5, 0.6) is 0 Å². The summed E-state index contributed by atoms with van der Waals surface area (Å²) in [5, 5.41) is 3.04. The average Bonchev–Trinajstić information content (AvgIpc) is 3.22. The maximum atomic E-state index is 12.5. The molecule has 0 radical (unpaired) electrons. The first-order valence-corrected chi connectivity index (χ1v) is 9.18. The van der Waals surface area contributed by atoms with Gasteiger partial charge in [0.25, 0.3) is 0 Å². The van der Waals surface area contributed by atoms with Gasteiger partial charge in [-0.3, -0.25) is 0 Å². The summed E-state index contributed by atoms with van der Waals surface area (Å²) in [6.45, 7) is 9.47. The molecule has 0 aliphatic carbocycles. The predicted molar refractivity (Wildman–Crippen MR) is 99.6 cm³/mol. The Morgan fingerprint density at radius 2 is 2.04 bits per heavy atom. The van der Waals surface area contributed by atoms with E-state index in [-0.39, 0.29) is 6.03 Å². The molecule has 2 aromatic rings. The number of benzene rings is 1. The summed E-state index contributed by atoms with van der Waals surface area (Å²) >= 11 is 0. The van der Waals surface area contributed by atoms with Crippen molar-refractivity contribution < 1.29 is 4.79 Å². The predicted octanol–water partition coefficient (Wildman–Crippen LogP) is 3.61. The standard InChI is InChI=1S/C20H28N4O/c1-4-10-24-16(3)12-21-19(24)18-9-11-23(14-18)20(25)22-13-17-7-5-15(2)6-8-17/h5-8,12,18H,4,9-11,13-14H2,1-3H3,(H,22,25)/t18-/m0/s1. The molecule has 2 amide bonds. The molecule has 0 spiro atoms. The number of likely N-dealkylation sites (tertiary alicyclic amines) is 1. The van der Waals surface area contributed by atoms with Gasteiger partial charge in [-0.05, 0) is 32.3 Å². The van der Waals surface area contributed by atoms with Crippen molar-refractivity contribution in [1.82, 2.24) is 19.8 Å². The number of aromatic nitrogens is 2. The largest absolute Gasteiger partial charge is 0.334 e. The van der Waals surface area contributed by atoms with Crippen molar-refractivity contribution in [1.29, 1.82) is 0 Å². The number of nitrogens with one attached hydrogen (secondary N) is 1. The minimum absolute atomic E-state index is 0.0217. The molecule has 0 unspecified atom stereocenters. The molecule has 1 saturated heterocycles. The van der Waals surface area contributed by atoms with Crippen molar-refractivity contribution in [3.8, 4) is 0 Å². The summed E-state index contributed by atoms with van der Waals surface area (Å²) in [7, 11) is 0. The van der Waals surface area contributed by atoms with E-state index in [1.807, 2.05) is 11.1 Å². The summed E-state index contributed by atoms with van der Waals surface area (Å²) in [6.07, 6.45) is 4.03. The third kappa shape index (κ3) is 4.03. The second kappa shape index (κ2) is 7.72. The van der Waals surface area contributed by atoms with Gasteiger partial charge in [0.1, 0.15) is 5.82 Å². The van der Waals surface area contributed by atoms with Crippen LogP contribution in [0, 0.1) is 13.8 Å². The van der Waals surface area contributed by atoms with E-state index in [1.54, 1.807) is 0 Å². The number of urea groups is 1. The van der Waals surface area contributed by atoms with Gasteiger partial charge in [0.2, 0.25) is 0 Å². The number of hydrogen-bond acceptors (Lipinski definition) is 2. The van der Waals surface area contributed by atoms with E-state index in [4.69, 9.17) is 0 Å². The zero-order chi connectivity index (χ0) is 17.8. The van der Waals surface area contributed by atoms with Crippen molar-refractivity contribution in [2.45, 2.75) is 52.6 Å². The van der Waals surface area contributed by atoms with Crippen molar-refractivity contribution in [3.05, 3.63) is 53.1 Å². The molecule has 134 valence electrons.